The fourth-order valence-electron chi connectivity index (χ4n) is 4.35. The van der Waals surface area contributed by atoms with Crippen LogP contribution in [0.15, 0.2) is 54.6 Å². The number of benzene rings is 2. The van der Waals surface area contributed by atoms with Crippen molar-refractivity contribution in [1.29, 1.82) is 0 Å². The first-order valence-corrected chi connectivity index (χ1v) is 12.2. The minimum absolute atomic E-state index is 0.0163. The number of aliphatic hydroxyl groups excluding tert-OH is 2. The molecule has 3 aromatic rings. The van der Waals surface area contributed by atoms with Gasteiger partial charge >= 0.3 is 12.1 Å². The monoisotopic (exact) mass is 517 g/mol. The SMILES string of the molecule is CC(C)n1c(/C=C/[C@H](O)C[C@H](O)CC(=O)OC(C)(C)C)c(-c2ccc(C(F)(F)F)cc2)c2ccccc21. The van der Waals surface area contributed by atoms with Crippen LogP contribution in [0.3, 0.4) is 0 Å². The van der Waals surface area contributed by atoms with Crippen molar-refractivity contribution in [3.05, 3.63) is 65.9 Å². The number of ether oxygens (including phenoxy) is 1. The van der Waals surface area contributed by atoms with Crippen LogP contribution >= 0.6 is 0 Å². The molecule has 1 heterocycles. The molecule has 0 radical (unpaired) electrons. The molecule has 0 saturated carbocycles. The Balaban J connectivity index is 1.95. The number of hydrogen-bond donors (Lipinski definition) is 2. The third kappa shape index (κ3) is 7.23. The standard InChI is InChI=1S/C29H34F3NO4/c1-18(2)33-24-9-7-6-8-23(24)27(19-10-12-20(13-11-19)29(30,31)32)25(33)15-14-21(34)16-22(35)17-26(36)37-28(3,4)5/h6-15,18,21-22,34-35H,16-17H2,1-5H3/b15-14+/t21-,22-/m0/s1. The van der Waals surface area contributed by atoms with Gasteiger partial charge in [0.25, 0.3) is 0 Å². The van der Waals surface area contributed by atoms with Crippen molar-refractivity contribution in [2.45, 2.75) is 77.5 Å². The molecule has 0 saturated heterocycles. The van der Waals surface area contributed by atoms with Crippen molar-refractivity contribution in [2.75, 3.05) is 0 Å². The number of carbonyl (C=O) groups excluding carboxylic acids is 1. The van der Waals surface area contributed by atoms with E-state index >= 15 is 0 Å². The maximum atomic E-state index is 13.1. The van der Waals surface area contributed by atoms with Gasteiger partial charge in [0.1, 0.15) is 5.60 Å². The van der Waals surface area contributed by atoms with Gasteiger partial charge in [-0.05, 0) is 64.5 Å². The molecular formula is C29H34F3NO4. The molecule has 2 aromatic carbocycles. The molecule has 2 N–H and O–H groups in total. The molecule has 0 aliphatic rings. The van der Waals surface area contributed by atoms with Gasteiger partial charge in [-0.1, -0.05) is 36.4 Å². The van der Waals surface area contributed by atoms with Gasteiger partial charge in [0.15, 0.2) is 0 Å². The summed E-state index contributed by atoms with van der Waals surface area (Å²) in [6, 6.07) is 12.7. The van der Waals surface area contributed by atoms with E-state index in [-0.39, 0.29) is 18.9 Å². The largest absolute Gasteiger partial charge is 0.460 e. The Hall–Kier alpha value is -3.10. The number of nitrogens with zero attached hydrogens (tertiary/aromatic N) is 1. The van der Waals surface area contributed by atoms with E-state index < -0.39 is 35.5 Å². The summed E-state index contributed by atoms with van der Waals surface area (Å²) in [5.41, 5.74) is 1.59. The number of alkyl halides is 3. The third-order valence-corrected chi connectivity index (χ3v) is 5.78. The minimum Gasteiger partial charge on any atom is -0.460 e. The summed E-state index contributed by atoms with van der Waals surface area (Å²) in [5, 5.41) is 21.7. The molecule has 37 heavy (non-hydrogen) atoms. The zero-order valence-electron chi connectivity index (χ0n) is 21.7. The van der Waals surface area contributed by atoms with E-state index in [0.29, 0.717) is 5.56 Å². The molecule has 0 unspecified atom stereocenters. The maximum Gasteiger partial charge on any atom is 0.416 e. The molecule has 0 aliphatic heterocycles. The summed E-state index contributed by atoms with van der Waals surface area (Å²) in [5.74, 6) is -0.555. The summed E-state index contributed by atoms with van der Waals surface area (Å²) >= 11 is 0. The molecular weight excluding hydrogens is 483 g/mol. The average Bonchev–Trinajstić information content (AvgIpc) is 3.10. The van der Waals surface area contributed by atoms with Gasteiger partial charge in [-0.25, -0.2) is 0 Å². The number of hydrogen-bond acceptors (Lipinski definition) is 4. The maximum absolute atomic E-state index is 13.1. The van der Waals surface area contributed by atoms with Crippen LogP contribution in [0.5, 0.6) is 0 Å². The molecule has 1 aromatic heterocycles. The Bertz CT molecular complexity index is 1250. The highest BCUT2D eigenvalue weighted by Gasteiger charge is 2.30. The molecule has 0 amide bonds. The molecule has 0 fully saturated rings. The lowest BCUT2D eigenvalue weighted by atomic mass is 9.99. The minimum atomic E-state index is -4.43. The van der Waals surface area contributed by atoms with Crippen molar-refractivity contribution < 1.29 is 32.9 Å². The Kier molecular flexibility index (Phi) is 8.55. The van der Waals surface area contributed by atoms with E-state index in [4.69, 9.17) is 4.74 Å². The van der Waals surface area contributed by atoms with Gasteiger partial charge in [-0.3, -0.25) is 4.79 Å². The Labute approximate surface area is 215 Å². The lowest BCUT2D eigenvalue weighted by molar-refractivity contribution is -0.157. The number of esters is 1. The summed E-state index contributed by atoms with van der Waals surface area (Å²) in [6.07, 6.45) is -3.66. The van der Waals surface area contributed by atoms with Crippen LogP contribution in [0.4, 0.5) is 13.2 Å². The van der Waals surface area contributed by atoms with E-state index in [9.17, 15) is 28.2 Å². The molecule has 3 rings (SSSR count). The van der Waals surface area contributed by atoms with E-state index in [0.717, 1.165) is 34.3 Å². The van der Waals surface area contributed by atoms with Gasteiger partial charge in [0, 0.05) is 34.6 Å². The topological polar surface area (TPSA) is 71.7 Å². The number of para-hydroxylation sites is 1. The second kappa shape index (κ2) is 11.1. The Morgan fingerprint density at radius 1 is 1.03 bits per heavy atom. The summed E-state index contributed by atoms with van der Waals surface area (Å²) in [7, 11) is 0. The fraction of sp³-hybridized carbons (Fsp3) is 0.414. The average molecular weight is 518 g/mol. The number of halogens is 3. The van der Waals surface area contributed by atoms with Gasteiger partial charge in [-0.15, -0.1) is 0 Å². The Morgan fingerprint density at radius 3 is 2.22 bits per heavy atom. The lowest BCUT2D eigenvalue weighted by Gasteiger charge is -2.21. The highest BCUT2D eigenvalue weighted by Crippen LogP contribution is 2.39. The van der Waals surface area contributed by atoms with Crippen LogP contribution in [0, 0.1) is 0 Å². The molecule has 5 nitrogen and oxygen atoms in total. The number of aromatic nitrogens is 1. The van der Waals surface area contributed by atoms with E-state index in [1.807, 2.05) is 38.1 Å². The van der Waals surface area contributed by atoms with Crippen LogP contribution in [0.1, 0.15) is 64.8 Å². The third-order valence-electron chi connectivity index (χ3n) is 5.78. The summed E-state index contributed by atoms with van der Waals surface area (Å²) in [6.45, 7) is 9.20. The van der Waals surface area contributed by atoms with Crippen LogP contribution in [0.25, 0.3) is 28.1 Å². The van der Waals surface area contributed by atoms with Gasteiger partial charge < -0.3 is 19.5 Å². The van der Waals surface area contributed by atoms with Gasteiger partial charge in [-0.2, -0.15) is 13.2 Å². The first kappa shape index (κ1) is 28.5. The number of rotatable bonds is 8. The highest BCUT2D eigenvalue weighted by molar-refractivity contribution is 6.01. The van der Waals surface area contributed by atoms with Crippen LogP contribution in [-0.4, -0.2) is 38.6 Å². The molecule has 2 atom stereocenters. The zero-order valence-corrected chi connectivity index (χ0v) is 21.7. The van der Waals surface area contributed by atoms with E-state index in [2.05, 4.69) is 4.57 Å². The number of fused-ring (bicyclic) bond motifs is 1. The lowest BCUT2D eigenvalue weighted by Crippen LogP contribution is -2.27. The molecule has 0 bridgehead atoms. The van der Waals surface area contributed by atoms with Gasteiger partial charge in [0.2, 0.25) is 0 Å². The molecule has 0 spiro atoms. The second-order valence-electron chi connectivity index (χ2n) is 10.4. The quantitative estimate of drug-likeness (QED) is 0.324. The molecule has 0 aliphatic carbocycles. The number of carbonyl (C=O) groups is 1. The predicted octanol–water partition coefficient (Wildman–Crippen LogP) is 6.76. The van der Waals surface area contributed by atoms with Gasteiger partial charge in [0.05, 0.1) is 24.2 Å². The van der Waals surface area contributed by atoms with Crippen molar-refractivity contribution in [3.63, 3.8) is 0 Å². The predicted molar refractivity (Wildman–Crippen MR) is 139 cm³/mol. The van der Waals surface area contributed by atoms with Crippen molar-refractivity contribution in [3.8, 4) is 11.1 Å². The van der Waals surface area contributed by atoms with Crippen molar-refractivity contribution in [1.82, 2.24) is 4.57 Å². The fourth-order valence-corrected chi connectivity index (χ4v) is 4.35. The first-order chi connectivity index (χ1) is 17.2. The van der Waals surface area contributed by atoms with E-state index in [1.165, 1.54) is 18.2 Å². The highest BCUT2D eigenvalue weighted by atomic mass is 19.4. The van der Waals surface area contributed by atoms with Crippen LogP contribution in [0.2, 0.25) is 0 Å². The number of aliphatic hydroxyl groups is 2. The summed E-state index contributed by atoms with van der Waals surface area (Å²) < 4.78 is 46.7. The second-order valence-corrected chi connectivity index (χ2v) is 10.4. The zero-order chi connectivity index (χ0) is 27.5. The normalized spacial score (nSPS) is 14.5. The first-order valence-electron chi connectivity index (χ1n) is 12.2. The Morgan fingerprint density at radius 2 is 1.65 bits per heavy atom. The van der Waals surface area contributed by atoms with E-state index in [1.54, 1.807) is 26.8 Å². The summed E-state index contributed by atoms with van der Waals surface area (Å²) in [4.78, 5) is 12.0. The smallest absolute Gasteiger partial charge is 0.416 e. The van der Waals surface area contributed by atoms with Crippen molar-refractivity contribution in [2.24, 2.45) is 0 Å². The molecule has 200 valence electrons. The van der Waals surface area contributed by atoms with Crippen LogP contribution < -0.4 is 0 Å². The van der Waals surface area contributed by atoms with Crippen molar-refractivity contribution >= 4 is 22.9 Å². The van der Waals surface area contributed by atoms with Crippen LogP contribution in [-0.2, 0) is 15.7 Å². The molecule has 8 heteroatoms.